The lowest BCUT2D eigenvalue weighted by Crippen LogP contribution is -2.16. The summed E-state index contributed by atoms with van der Waals surface area (Å²) < 4.78 is 1.49. The maximum absolute atomic E-state index is 12.0. The Morgan fingerprint density at radius 2 is 2.15 bits per heavy atom. The third-order valence-corrected chi connectivity index (χ3v) is 2.87. The van der Waals surface area contributed by atoms with E-state index in [0.717, 1.165) is 5.56 Å². The second-order valence-corrected chi connectivity index (χ2v) is 4.39. The Kier molecular flexibility index (Phi) is 4.14. The molecular weight excluding hydrogens is 258 g/mol. The molecule has 2 rings (SSSR count). The van der Waals surface area contributed by atoms with Crippen LogP contribution in [0.2, 0.25) is 0 Å². The lowest BCUT2D eigenvalue weighted by molar-refractivity contribution is -0.136. The number of carboxylic acids is 1. The zero-order chi connectivity index (χ0) is 14.5. The summed E-state index contributed by atoms with van der Waals surface area (Å²) >= 11 is 0. The molecule has 0 fully saturated rings. The van der Waals surface area contributed by atoms with Gasteiger partial charge >= 0.3 is 5.97 Å². The zero-order valence-electron chi connectivity index (χ0n) is 11.0. The van der Waals surface area contributed by atoms with Gasteiger partial charge in [-0.2, -0.15) is 5.10 Å². The van der Waals surface area contributed by atoms with Crippen molar-refractivity contribution in [3.05, 3.63) is 47.8 Å². The van der Waals surface area contributed by atoms with Crippen molar-refractivity contribution in [3.8, 4) is 0 Å². The number of carbonyl (C=O) groups is 2. The standard InChI is InChI=1S/C14H15N3O3/c1-17-12(7-8-15-17)14(20)16-11-4-2-3-10(9-11)5-6-13(18)19/h2-4,7-9H,5-6H2,1H3,(H,16,20)(H,18,19). The van der Waals surface area contributed by atoms with Gasteiger partial charge in [-0.15, -0.1) is 0 Å². The van der Waals surface area contributed by atoms with Crippen LogP contribution in [0.25, 0.3) is 0 Å². The van der Waals surface area contributed by atoms with Gasteiger partial charge in [0.1, 0.15) is 5.69 Å². The lowest BCUT2D eigenvalue weighted by Gasteiger charge is -2.07. The fourth-order valence-corrected chi connectivity index (χ4v) is 1.85. The van der Waals surface area contributed by atoms with Gasteiger partial charge in [0.25, 0.3) is 5.91 Å². The molecule has 0 radical (unpaired) electrons. The number of aryl methyl sites for hydroxylation is 2. The van der Waals surface area contributed by atoms with E-state index >= 15 is 0 Å². The molecule has 2 aromatic rings. The Labute approximate surface area is 116 Å². The second-order valence-electron chi connectivity index (χ2n) is 4.39. The largest absolute Gasteiger partial charge is 0.481 e. The highest BCUT2D eigenvalue weighted by Gasteiger charge is 2.10. The number of amides is 1. The number of anilines is 1. The maximum atomic E-state index is 12.0. The first kappa shape index (κ1) is 13.8. The predicted molar refractivity (Wildman–Crippen MR) is 73.6 cm³/mol. The summed E-state index contributed by atoms with van der Waals surface area (Å²) in [5.41, 5.74) is 1.97. The molecule has 104 valence electrons. The molecular formula is C14H15N3O3. The third kappa shape index (κ3) is 3.44. The number of nitrogens with one attached hydrogen (secondary N) is 1. The molecule has 1 aromatic heterocycles. The van der Waals surface area contributed by atoms with Crippen LogP contribution in [0.1, 0.15) is 22.5 Å². The van der Waals surface area contributed by atoms with E-state index < -0.39 is 5.97 Å². The van der Waals surface area contributed by atoms with Crippen LogP contribution in [0.3, 0.4) is 0 Å². The molecule has 0 atom stereocenters. The minimum atomic E-state index is -0.839. The highest BCUT2D eigenvalue weighted by molar-refractivity contribution is 6.03. The van der Waals surface area contributed by atoms with Crippen LogP contribution in [0, 0.1) is 0 Å². The molecule has 6 heteroatoms. The average molecular weight is 273 g/mol. The number of hydrogen-bond donors (Lipinski definition) is 2. The first-order valence-corrected chi connectivity index (χ1v) is 6.16. The van der Waals surface area contributed by atoms with Gasteiger partial charge in [0.05, 0.1) is 0 Å². The minimum absolute atomic E-state index is 0.0686. The lowest BCUT2D eigenvalue weighted by atomic mass is 10.1. The van der Waals surface area contributed by atoms with Crippen LogP contribution >= 0.6 is 0 Å². The van der Waals surface area contributed by atoms with E-state index in [0.29, 0.717) is 17.8 Å². The Morgan fingerprint density at radius 3 is 2.80 bits per heavy atom. The third-order valence-electron chi connectivity index (χ3n) is 2.87. The topological polar surface area (TPSA) is 84.2 Å². The first-order chi connectivity index (χ1) is 9.56. The molecule has 0 unspecified atom stereocenters. The van der Waals surface area contributed by atoms with Gasteiger partial charge in [-0.3, -0.25) is 14.3 Å². The normalized spacial score (nSPS) is 10.2. The quantitative estimate of drug-likeness (QED) is 0.868. The minimum Gasteiger partial charge on any atom is -0.481 e. The van der Waals surface area contributed by atoms with E-state index in [2.05, 4.69) is 10.4 Å². The number of aromatic nitrogens is 2. The first-order valence-electron chi connectivity index (χ1n) is 6.16. The summed E-state index contributed by atoms with van der Waals surface area (Å²) in [7, 11) is 1.69. The van der Waals surface area contributed by atoms with Crippen LogP contribution in [-0.2, 0) is 18.3 Å². The van der Waals surface area contributed by atoms with Gasteiger partial charge < -0.3 is 10.4 Å². The van der Waals surface area contributed by atoms with Gasteiger partial charge in [-0.1, -0.05) is 12.1 Å². The molecule has 0 aliphatic carbocycles. The van der Waals surface area contributed by atoms with E-state index in [1.54, 1.807) is 37.5 Å². The number of nitrogens with zero attached hydrogens (tertiary/aromatic N) is 2. The molecule has 0 bridgehead atoms. The van der Waals surface area contributed by atoms with Crippen LogP contribution in [0.15, 0.2) is 36.5 Å². The average Bonchev–Trinajstić information content (AvgIpc) is 2.83. The number of carbonyl (C=O) groups excluding carboxylic acids is 1. The number of benzene rings is 1. The second kappa shape index (κ2) is 6.01. The molecule has 0 aliphatic rings. The van der Waals surface area contributed by atoms with E-state index in [1.807, 2.05) is 6.07 Å². The number of hydrogen-bond acceptors (Lipinski definition) is 3. The molecule has 0 saturated carbocycles. The summed E-state index contributed by atoms with van der Waals surface area (Å²) in [5, 5.41) is 15.4. The van der Waals surface area contributed by atoms with Crippen molar-refractivity contribution in [1.29, 1.82) is 0 Å². The molecule has 0 saturated heterocycles. The smallest absolute Gasteiger partial charge is 0.303 e. The fraction of sp³-hybridized carbons (Fsp3) is 0.214. The van der Waals surface area contributed by atoms with Gasteiger partial charge in [0.15, 0.2) is 0 Å². The summed E-state index contributed by atoms with van der Waals surface area (Å²) in [6.07, 6.45) is 2.06. The van der Waals surface area contributed by atoms with Gasteiger partial charge in [0, 0.05) is 25.4 Å². The molecule has 1 aromatic carbocycles. The Balaban J connectivity index is 2.06. The van der Waals surface area contributed by atoms with E-state index in [1.165, 1.54) is 4.68 Å². The number of carboxylic acid groups (broad SMARTS) is 1. The monoisotopic (exact) mass is 273 g/mol. The highest BCUT2D eigenvalue weighted by atomic mass is 16.4. The van der Waals surface area contributed by atoms with Crippen LogP contribution < -0.4 is 5.32 Å². The van der Waals surface area contributed by atoms with Gasteiger partial charge in [-0.05, 0) is 30.2 Å². The summed E-state index contributed by atoms with van der Waals surface area (Å²) in [6.45, 7) is 0. The van der Waals surface area contributed by atoms with Crippen LogP contribution in [0.4, 0.5) is 5.69 Å². The summed E-state index contributed by atoms with van der Waals surface area (Å²) in [4.78, 5) is 22.6. The summed E-state index contributed by atoms with van der Waals surface area (Å²) in [5.74, 6) is -1.09. The van der Waals surface area contributed by atoms with Crippen LogP contribution in [0.5, 0.6) is 0 Å². The Hall–Kier alpha value is -2.63. The van der Waals surface area contributed by atoms with E-state index in [-0.39, 0.29) is 12.3 Å². The van der Waals surface area contributed by atoms with E-state index in [9.17, 15) is 9.59 Å². The van der Waals surface area contributed by atoms with Gasteiger partial charge in [-0.25, -0.2) is 0 Å². The molecule has 0 aliphatic heterocycles. The Bertz CT molecular complexity index is 634. The van der Waals surface area contributed by atoms with Crippen molar-refractivity contribution < 1.29 is 14.7 Å². The SMILES string of the molecule is Cn1nccc1C(=O)Nc1cccc(CCC(=O)O)c1. The summed E-state index contributed by atoms with van der Waals surface area (Å²) in [6, 6.07) is 8.79. The Morgan fingerprint density at radius 1 is 1.35 bits per heavy atom. The van der Waals surface area contributed by atoms with Crippen molar-refractivity contribution in [2.45, 2.75) is 12.8 Å². The molecule has 1 heterocycles. The number of aliphatic carboxylic acids is 1. The molecule has 6 nitrogen and oxygen atoms in total. The maximum Gasteiger partial charge on any atom is 0.303 e. The predicted octanol–water partition coefficient (Wildman–Crippen LogP) is 1.69. The highest BCUT2D eigenvalue weighted by Crippen LogP contribution is 2.13. The molecule has 20 heavy (non-hydrogen) atoms. The molecule has 0 spiro atoms. The molecule has 2 N–H and O–H groups in total. The van der Waals surface area contributed by atoms with Crippen molar-refractivity contribution in [2.75, 3.05) is 5.32 Å². The zero-order valence-corrected chi connectivity index (χ0v) is 11.0. The van der Waals surface area contributed by atoms with Gasteiger partial charge in [0.2, 0.25) is 0 Å². The van der Waals surface area contributed by atoms with Crippen molar-refractivity contribution in [2.24, 2.45) is 7.05 Å². The van der Waals surface area contributed by atoms with Crippen LogP contribution in [-0.4, -0.2) is 26.8 Å². The van der Waals surface area contributed by atoms with Crippen molar-refractivity contribution in [1.82, 2.24) is 9.78 Å². The van der Waals surface area contributed by atoms with Crippen molar-refractivity contribution in [3.63, 3.8) is 0 Å². The fourth-order valence-electron chi connectivity index (χ4n) is 1.85. The van der Waals surface area contributed by atoms with Crippen molar-refractivity contribution >= 4 is 17.6 Å². The number of rotatable bonds is 5. The molecule has 1 amide bonds. The van der Waals surface area contributed by atoms with E-state index in [4.69, 9.17) is 5.11 Å².